The van der Waals surface area contributed by atoms with E-state index in [0.717, 1.165) is 16.8 Å². The molecule has 0 radical (unpaired) electrons. The van der Waals surface area contributed by atoms with E-state index in [-0.39, 0.29) is 23.0 Å². The number of carboxylic acid groups (broad SMARTS) is 1. The topological polar surface area (TPSA) is 200 Å². The van der Waals surface area contributed by atoms with Gasteiger partial charge in [0.25, 0.3) is 11.8 Å². The highest BCUT2D eigenvalue weighted by molar-refractivity contribution is 8.14. The average molecular weight is 662 g/mol. The summed E-state index contributed by atoms with van der Waals surface area (Å²) in [5.41, 5.74) is 0.917. The summed E-state index contributed by atoms with van der Waals surface area (Å²) < 4.78 is 0.694. The molecule has 18 heteroatoms. The maximum Gasteiger partial charge on any atom is 0.352 e. The van der Waals surface area contributed by atoms with E-state index in [1.165, 1.54) is 39.8 Å². The van der Waals surface area contributed by atoms with Crippen molar-refractivity contribution in [3.05, 3.63) is 52.2 Å². The number of β-lactam (4-membered cyclic amide) rings is 1. The molecular formula is C25H23N7O7S4. The van der Waals surface area contributed by atoms with Gasteiger partial charge >= 0.3 is 5.97 Å². The molecule has 14 nitrogen and oxygen atoms in total. The van der Waals surface area contributed by atoms with Gasteiger partial charge in [0.05, 0.1) is 5.75 Å². The summed E-state index contributed by atoms with van der Waals surface area (Å²) in [6.45, 7) is 1.82. The molecule has 3 atom stereocenters. The van der Waals surface area contributed by atoms with Crippen molar-refractivity contribution in [3.8, 4) is 0 Å². The molecule has 224 valence electrons. The molecule has 0 bridgehead atoms. The molecule has 3 aliphatic heterocycles. The van der Waals surface area contributed by atoms with Gasteiger partial charge in [0.1, 0.15) is 34.6 Å². The Bertz CT molecular complexity index is 1560. The molecule has 1 unspecified atom stereocenters. The standard InChI is InChI=1S/C25H23N7O7S4/c1-11-30-31-25(43-11)42-9-13-8-40-22-18(21(37)32(22)19(13)23(38)39)29-20(36)17(12-5-3-2-4-6-12)26-16(35)10-41-24-27-14(33)7-15(34)28-24/h2-6,17-18,22H,7-10H2,1H3,(H,26,35)(H,29,36)(H,38,39)(H,27,28,33,34)/t17-,18?,22-/m1/s1. The number of benzene rings is 1. The third-order valence-electron chi connectivity index (χ3n) is 6.25. The Hall–Kier alpha value is -3.74. The number of rotatable bonds is 10. The van der Waals surface area contributed by atoms with Crippen molar-refractivity contribution in [2.45, 2.75) is 35.1 Å². The van der Waals surface area contributed by atoms with Crippen LogP contribution in [0.1, 0.15) is 23.0 Å². The number of aliphatic carboxylic acids is 1. The predicted octanol–water partition coefficient (Wildman–Crippen LogP) is 0.670. The van der Waals surface area contributed by atoms with E-state index >= 15 is 0 Å². The number of thioether (sulfide) groups is 3. The first-order chi connectivity index (χ1) is 20.6. The summed E-state index contributed by atoms with van der Waals surface area (Å²) >= 11 is 4.91. The summed E-state index contributed by atoms with van der Waals surface area (Å²) in [7, 11) is 0. The fraction of sp³-hybridized carbons (Fsp3) is 0.320. The van der Waals surface area contributed by atoms with Gasteiger partial charge in [-0.2, -0.15) is 4.99 Å². The van der Waals surface area contributed by atoms with Crippen molar-refractivity contribution in [1.29, 1.82) is 0 Å². The Balaban J connectivity index is 1.25. The zero-order valence-corrected chi connectivity index (χ0v) is 25.5. The number of amides is 5. The second-order valence-corrected chi connectivity index (χ2v) is 13.7. The lowest BCUT2D eigenvalue weighted by Crippen LogP contribution is -2.71. The van der Waals surface area contributed by atoms with Crippen LogP contribution in [0.25, 0.3) is 0 Å². The van der Waals surface area contributed by atoms with Crippen LogP contribution < -0.4 is 16.0 Å². The largest absolute Gasteiger partial charge is 0.477 e. The Labute approximate surface area is 260 Å². The lowest BCUT2D eigenvalue weighted by molar-refractivity contribution is -0.151. The average Bonchev–Trinajstić information content (AvgIpc) is 3.40. The van der Waals surface area contributed by atoms with E-state index in [2.05, 4.69) is 31.1 Å². The number of aliphatic imine (C=N–C) groups is 1. The number of carbonyl (C=O) groups excluding carboxylic acids is 5. The minimum Gasteiger partial charge on any atom is -0.477 e. The normalized spacial score (nSPS) is 20.4. The Kier molecular flexibility index (Phi) is 9.48. The number of aryl methyl sites for hydroxylation is 1. The number of hydrogen-bond donors (Lipinski definition) is 4. The van der Waals surface area contributed by atoms with Gasteiger partial charge in [0, 0.05) is 11.5 Å². The number of aromatic nitrogens is 2. The van der Waals surface area contributed by atoms with Gasteiger partial charge in [-0.05, 0) is 18.1 Å². The van der Waals surface area contributed by atoms with Gasteiger partial charge < -0.3 is 21.1 Å². The van der Waals surface area contributed by atoms with Gasteiger partial charge in [-0.3, -0.25) is 28.9 Å². The Morgan fingerprint density at radius 3 is 2.60 bits per heavy atom. The summed E-state index contributed by atoms with van der Waals surface area (Å²) in [5, 5.41) is 25.8. The van der Waals surface area contributed by atoms with Crippen LogP contribution in [0.5, 0.6) is 0 Å². The molecule has 2 aromatic rings. The SMILES string of the molecule is Cc1nnc(SCC2=C(C(=O)O)N3C(=O)C(NC(=O)[C@H](NC(=O)CSC4=NC(=O)CC(=O)N4)c4ccccc4)[C@H]3SC2)s1. The van der Waals surface area contributed by atoms with Gasteiger partial charge in [0.2, 0.25) is 17.7 Å². The van der Waals surface area contributed by atoms with Gasteiger partial charge in [-0.25, -0.2) is 4.79 Å². The molecule has 3 aliphatic rings. The van der Waals surface area contributed by atoms with Crippen molar-refractivity contribution in [3.63, 3.8) is 0 Å². The number of carboxylic acids is 1. The first-order valence-electron chi connectivity index (χ1n) is 12.6. The number of amidine groups is 1. The van der Waals surface area contributed by atoms with E-state index in [1.807, 2.05) is 6.92 Å². The second-order valence-electron chi connectivity index (χ2n) is 9.26. The summed E-state index contributed by atoms with van der Waals surface area (Å²) in [6.07, 6.45) is -0.364. The molecular weight excluding hydrogens is 639 g/mol. The maximum atomic E-state index is 13.5. The minimum absolute atomic E-state index is 0.00918. The molecule has 4 heterocycles. The van der Waals surface area contributed by atoms with Gasteiger partial charge in [-0.1, -0.05) is 65.2 Å². The highest BCUT2D eigenvalue weighted by Gasteiger charge is 2.54. The Morgan fingerprint density at radius 1 is 1.16 bits per heavy atom. The summed E-state index contributed by atoms with van der Waals surface area (Å²) in [4.78, 5) is 79.6. The number of fused-ring (bicyclic) bond motifs is 1. The fourth-order valence-electron chi connectivity index (χ4n) is 4.35. The number of hydrogen-bond acceptors (Lipinski definition) is 12. The molecule has 1 fully saturated rings. The second kappa shape index (κ2) is 13.3. The van der Waals surface area contributed by atoms with Crippen LogP contribution >= 0.6 is 46.6 Å². The molecule has 5 amide bonds. The lowest BCUT2D eigenvalue weighted by atomic mass is 10.0. The van der Waals surface area contributed by atoms with Gasteiger partial charge in [-0.15, -0.1) is 22.0 Å². The van der Waals surface area contributed by atoms with E-state index in [0.29, 0.717) is 27.0 Å². The van der Waals surface area contributed by atoms with Crippen LogP contribution in [0.4, 0.5) is 0 Å². The van der Waals surface area contributed by atoms with E-state index in [4.69, 9.17) is 0 Å². The molecule has 4 N–H and O–H groups in total. The van der Waals surface area contributed by atoms with Crippen molar-refractivity contribution in [2.24, 2.45) is 4.99 Å². The maximum absolute atomic E-state index is 13.5. The van der Waals surface area contributed by atoms with Crippen molar-refractivity contribution in [1.82, 2.24) is 31.0 Å². The first-order valence-corrected chi connectivity index (χ1v) is 16.5. The Morgan fingerprint density at radius 2 is 1.93 bits per heavy atom. The molecule has 43 heavy (non-hydrogen) atoms. The van der Waals surface area contributed by atoms with Crippen LogP contribution in [-0.4, -0.2) is 89.6 Å². The van der Waals surface area contributed by atoms with Crippen LogP contribution in [0.3, 0.4) is 0 Å². The van der Waals surface area contributed by atoms with E-state index in [9.17, 15) is 33.9 Å². The smallest absolute Gasteiger partial charge is 0.352 e. The monoisotopic (exact) mass is 661 g/mol. The number of nitrogens with one attached hydrogen (secondary N) is 3. The molecule has 0 spiro atoms. The molecule has 0 saturated carbocycles. The quantitative estimate of drug-likeness (QED) is 0.158. The third-order valence-corrected chi connectivity index (χ3v) is 10.5. The van der Waals surface area contributed by atoms with E-state index in [1.54, 1.807) is 30.3 Å². The third kappa shape index (κ3) is 7.09. The van der Waals surface area contributed by atoms with E-state index < -0.39 is 53.0 Å². The molecule has 0 aliphatic carbocycles. The van der Waals surface area contributed by atoms with Crippen LogP contribution in [0.15, 0.2) is 50.9 Å². The number of nitrogens with zero attached hydrogens (tertiary/aromatic N) is 4. The molecule has 1 saturated heterocycles. The summed E-state index contributed by atoms with van der Waals surface area (Å²) in [5.74, 6) is -3.78. The van der Waals surface area contributed by atoms with Crippen LogP contribution in [-0.2, 0) is 28.8 Å². The molecule has 1 aromatic heterocycles. The van der Waals surface area contributed by atoms with Crippen LogP contribution in [0, 0.1) is 6.92 Å². The van der Waals surface area contributed by atoms with Crippen molar-refractivity contribution in [2.75, 3.05) is 17.3 Å². The van der Waals surface area contributed by atoms with Crippen molar-refractivity contribution < 1.29 is 33.9 Å². The minimum atomic E-state index is -1.24. The van der Waals surface area contributed by atoms with Gasteiger partial charge in [0.15, 0.2) is 9.51 Å². The van der Waals surface area contributed by atoms with Crippen LogP contribution in [0.2, 0.25) is 0 Å². The zero-order valence-electron chi connectivity index (χ0n) is 22.3. The fourth-order valence-corrected chi connectivity index (χ4v) is 8.35. The lowest BCUT2D eigenvalue weighted by Gasteiger charge is -2.49. The predicted molar refractivity (Wildman–Crippen MR) is 160 cm³/mol. The van der Waals surface area contributed by atoms with Crippen molar-refractivity contribution >= 4 is 87.3 Å². The highest BCUT2D eigenvalue weighted by atomic mass is 32.2. The highest BCUT2D eigenvalue weighted by Crippen LogP contribution is 2.42. The molecule has 5 rings (SSSR count). The molecule has 1 aromatic carbocycles. The first kappa shape index (κ1) is 30.7. The summed E-state index contributed by atoms with van der Waals surface area (Å²) in [6, 6.07) is 6.22. The number of carbonyl (C=O) groups is 6. The zero-order chi connectivity index (χ0) is 30.7.